The lowest BCUT2D eigenvalue weighted by Crippen LogP contribution is -2.42. The van der Waals surface area contributed by atoms with Crippen LogP contribution in [0.5, 0.6) is 0 Å². The summed E-state index contributed by atoms with van der Waals surface area (Å²) >= 11 is 0. The first-order chi connectivity index (χ1) is 7.81. The zero-order valence-corrected chi connectivity index (χ0v) is 10.7. The lowest BCUT2D eigenvalue weighted by Gasteiger charge is -2.33. The highest BCUT2D eigenvalue weighted by atomic mass is 16.5. The van der Waals surface area contributed by atoms with E-state index in [1.54, 1.807) is 0 Å². The Kier molecular flexibility index (Phi) is 4.66. The Morgan fingerprint density at radius 1 is 1.12 bits per heavy atom. The molecule has 16 heavy (non-hydrogen) atoms. The van der Waals surface area contributed by atoms with Crippen molar-refractivity contribution in [3.8, 4) is 0 Å². The largest absolute Gasteiger partial charge is 0.380 e. The third kappa shape index (κ3) is 3.46. The second kappa shape index (κ2) is 6.02. The van der Waals surface area contributed by atoms with Crippen molar-refractivity contribution in [1.29, 1.82) is 0 Å². The molecule has 2 rings (SSSR count). The van der Waals surface area contributed by atoms with Crippen molar-refractivity contribution in [2.45, 2.75) is 69.9 Å². The predicted molar refractivity (Wildman–Crippen MR) is 67.3 cm³/mol. The zero-order chi connectivity index (χ0) is 11.4. The minimum Gasteiger partial charge on any atom is -0.380 e. The first kappa shape index (κ1) is 12.4. The van der Waals surface area contributed by atoms with E-state index in [1.807, 2.05) is 7.11 Å². The molecule has 2 saturated carbocycles. The molecule has 0 radical (unpaired) electrons. The van der Waals surface area contributed by atoms with Crippen molar-refractivity contribution in [3.05, 3.63) is 0 Å². The standard InChI is InChI=1S/C14H27NO/c1-16-14(12-5-3-2-4-6-12)13(15)10-9-11-7-8-11/h11-14H,2-10,15H2,1H3. The van der Waals surface area contributed by atoms with Crippen molar-refractivity contribution < 1.29 is 4.74 Å². The van der Waals surface area contributed by atoms with Gasteiger partial charge in [-0.05, 0) is 37.5 Å². The molecule has 0 heterocycles. The Bertz CT molecular complexity index is 197. The molecule has 2 aliphatic rings. The molecule has 0 saturated heterocycles. The summed E-state index contributed by atoms with van der Waals surface area (Å²) in [6, 6.07) is 0.272. The summed E-state index contributed by atoms with van der Waals surface area (Å²) < 4.78 is 5.68. The van der Waals surface area contributed by atoms with Gasteiger partial charge in [-0.1, -0.05) is 32.1 Å². The van der Waals surface area contributed by atoms with Gasteiger partial charge in [0, 0.05) is 13.2 Å². The molecule has 2 atom stereocenters. The molecular weight excluding hydrogens is 198 g/mol. The van der Waals surface area contributed by atoms with Crippen LogP contribution in [0, 0.1) is 11.8 Å². The molecule has 2 N–H and O–H groups in total. The van der Waals surface area contributed by atoms with Gasteiger partial charge < -0.3 is 10.5 Å². The van der Waals surface area contributed by atoms with Crippen LogP contribution < -0.4 is 5.73 Å². The lowest BCUT2D eigenvalue weighted by atomic mass is 9.81. The van der Waals surface area contributed by atoms with Crippen LogP contribution in [-0.4, -0.2) is 19.3 Å². The van der Waals surface area contributed by atoms with Crippen LogP contribution in [-0.2, 0) is 4.74 Å². The van der Waals surface area contributed by atoms with Gasteiger partial charge in [-0.25, -0.2) is 0 Å². The molecule has 0 aliphatic heterocycles. The summed E-state index contributed by atoms with van der Waals surface area (Å²) in [4.78, 5) is 0. The minimum atomic E-state index is 0.272. The molecule has 0 bridgehead atoms. The van der Waals surface area contributed by atoms with Gasteiger partial charge in [0.25, 0.3) is 0 Å². The maximum Gasteiger partial charge on any atom is 0.0750 e. The van der Waals surface area contributed by atoms with Crippen LogP contribution >= 0.6 is 0 Å². The Morgan fingerprint density at radius 2 is 1.81 bits per heavy atom. The number of rotatable bonds is 6. The van der Waals surface area contributed by atoms with E-state index >= 15 is 0 Å². The predicted octanol–water partition coefficient (Wildman–Crippen LogP) is 3.10. The van der Waals surface area contributed by atoms with Gasteiger partial charge >= 0.3 is 0 Å². The molecule has 0 spiro atoms. The number of hydrogen-bond acceptors (Lipinski definition) is 2. The first-order valence-electron chi connectivity index (χ1n) is 7.09. The average Bonchev–Trinajstić information content (AvgIpc) is 3.13. The van der Waals surface area contributed by atoms with E-state index < -0.39 is 0 Å². The number of methoxy groups -OCH3 is 1. The topological polar surface area (TPSA) is 35.2 Å². The Morgan fingerprint density at radius 3 is 2.38 bits per heavy atom. The van der Waals surface area contributed by atoms with Crippen LogP contribution in [0.25, 0.3) is 0 Å². The smallest absolute Gasteiger partial charge is 0.0750 e. The Balaban J connectivity index is 1.76. The van der Waals surface area contributed by atoms with E-state index in [0.29, 0.717) is 6.10 Å². The summed E-state index contributed by atoms with van der Waals surface area (Å²) in [5, 5.41) is 0. The van der Waals surface area contributed by atoms with Crippen molar-refractivity contribution in [1.82, 2.24) is 0 Å². The SMILES string of the molecule is COC(C(N)CCC1CC1)C1CCCCC1. The van der Waals surface area contributed by atoms with E-state index in [4.69, 9.17) is 10.5 Å². The highest BCUT2D eigenvalue weighted by Gasteiger charge is 2.30. The summed E-state index contributed by atoms with van der Waals surface area (Å²) in [7, 11) is 1.84. The molecule has 2 fully saturated rings. The van der Waals surface area contributed by atoms with E-state index in [1.165, 1.54) is 57.8 Å². The molecule has 2 nitrogen and oxygen atoms in total. The third-order valence-corrected chi connectivity index (χ3v) is 4.41. The van der Waals surface area contributed by atoms with Gasteiger partial charge in [-0.15, -0.1) is 0 Å². The van der Waals surface area contributed by atoms with E-state index in [0.717, 1.165) is 11.8 Å². The molecule has 2 heteroatoms. The fourth-order valence-corrected chi connectivity index (χ4v) is 3.18. The first-order valence-corrected chi connectivity index (χ1v) is 7.09. The summed E-state index contributed by atoms with van der Waals surface area (Å²) in [5.41, 5.74) is 6.31. The van der Waals surface area contributed by atoms with Gasteiger partial charge in [0.15, 0.2) is 0 Å². The van der Waals surface area contributed by atoms with Crippen LogP contribution in [0.4, 0.5) is 0 Å². The minimum absolute atomic E-state index is 0.272. The average molecular weight is 225 g/mol. The molecule has 2 aliphatic carbocycles. The van der Waals surface area contributed by atoms with Gasteiger partial charge in [0.2, 0.25) is 0 Å². The fraction of sp³-hybridized carbons (Fsp3) is 1.00. The van der Waals surface area contributed by atoms with Crippen molar-refractivity contribution in [3.63, 3.8) is 0 Å². The van der Waals surface area contributed by atoms with Crippen LogP contribution in [0.15, 0.2) is 0 Å². The third-order valence-electron chi connectivity index (χ3n) is 4.41. The monoisotopic (exact) mass is 225 g/mol. The van der Waals surface area contributed by atoms with Gasteiger partial charge in [0.05, 0.1) is 6.10 Å². The maximum absolute atomic E-state index is 6.31. The Labute approximate surface area is 99.9 Å². The van der Waals surface area contributed by atoms with Crippen molar-refractivity contribution in [2.24, 2.45) is 17.6 Å². The van der Waals surface area contributed by atoms with Gasteiger partial charge in [0.1, 0.15) is 0 Å². The lowest BCUT2D eigenvalue weighted by molar-refractivity contribution is 0.0152. The highest BCUT2D eigenvalue weighted by molar-refractivity contribution is 4.84. The molecule has 2 unspecified atom stereocenters. The van der Waals surface area contributed by atoms with Crippen LogP contribution in [0.3, 0.4) is 0 Å². The number of hydrogen-bond donors (Lipinski definition) is 1. The second-order valence-corrected chi connectivity index (χ2v) is 5.78. The number of ether oxygens (including phenoxy) is 1. The molecule has 0 amide bonds. The van der Waals surface area contributed by atoms with Crippen molar-refractivity contribution >= 4 is 0 Å². The number of nitrogens with two attached hydrogens (primary N) is 1. The van der Waals surface area contributed by atoms with E-state index in [2.05, 4.69) is 0 Å². The zero-order valence-electron chi connectivity index (χ0n) is 10.7. The maximum atomic E-state index is 6.31. The quantitative estimate of drug-likeness (QED) is 0.754. The molecule has 0 aromatic rings. The van der Waals surface area contributed by atoms with E-state index in [9.17, 15) is 0 Å². The highest BCUT2D eigenvalue weighted by Crippen LogP contribution is 2.35. The molecule has 0 aromatic heterocycles. The van der Waals surface area contributed by atoms with E-state index in [-0.39, 0.29) is 6.04 Å². The summed E-state index contributed by atoms with van der Waals surface area (Å²) in [6.07, 6.45) is 12.5. The van der Waals surface area contributed by atoms with Gasteiger partial charge in [-0.3, -0.25) is 0 Å². The summed E-state index contributed by atoms with van der Waals surface area (Å²) in [5.74, 6) is 1.72. The fourth-order valence-electron chi connectivity index (χ4n) is 3.18. The molecular formula is C14H27NO. The Hall–Kier alpha value is -0.0800. The molecule has 94 valence electrons. The van der Waals surface area contributed by atoms with Crippen LogP contribution in [0.2, 0.25) is 0 Å². The second-order valence-electron chi connectivity index (χ2n) is 5.78. The van der Waals surface area contributed by atoms with Crippen LogP contribution in [0.1, 0.15) is 57.8 Å². The normalized spacial score (nSPS) is 26.6. The molecule has 0 aromatic carbocycles. The van der Waals surface area contributed by atoms with Gasteiger partial charge in [-0.2, -0.15) is 0 Å². The summed E-state index contributed by atoms with van der Waals surface area (Å²) in [6.45, 7) is 0. The van der Waals surface area contributed by atoms with Crippen molar-refractivity contribution in [2.75, 3.05) is 7.11 Å².